The first-order valence-corrected chi connectivity index (χ1v) is 8.10. The molecule has 0 fully saturated rings. The van der Waals surface area contributed by atoms with Gasteiger partial charge in [0.2, 0.25) is 0 Å². The van der Waals surface area contributed by atoms with Crippen LogP contribution in [0.15, 0.2) is 60.9 Å². The second-order valence-electron chi connectivity index (χ2n) is 5.89. The fourth-order valence-electron chi connectivity index (χ4n) is 2.39. The highest BCUT2D eigenvalue weighted by molar-refractivity contribution is 6.08. The number of pyridine rings is 2. The van der Waals surface area contributed by atoms with Gasteiger partial charge in [0.25, 0.3) is 11.8 Å². The SMILES string of the molecule is Cc1ccnc(C(=O)Nc2ccccc2NC(=O)c2cc(C)ccn2)c1. The van der Waals surface area contributed by atoms with E-state index in [0.717, 1.165) is 11.1 Å². The van der Waals surface area contributed by atoms with Crippen molar-refractivity contribution in [2.45, 2.75) is 13.8 Å². The van der Waals surface area contributed by atoms with Crippen molar-refractivity contribution in [1.82, 2.24) is 9.97 Å². The number of carbonyl (C=O) groups excluding carboxylic acids is 2. The third-order valence-electron chi connectivity index (χ3n) is 3.72. The van der Waals surface area contributed by atoms with Gasteiger partial charge in [-0.25, -0.2) is 0 Å². The minimum Gasteiger partial charge on any atom is -0.319 e. The van der Waals surface area contributed by atoms with Crippen molar-refractivity contribution in [1.29, 1.82) is 0 Å². The van der Waals surface area contributed by atoms with E-state index in [2.05, 4.69) is 20.6 Å². The predicted molar refractivity (Wildman–Crippen MR) is 100 cm³/mol. The molecule has 3 rings (SSSR count). The third-order valence-corrected chi connectivity index (χ3v) is 3.72. The van der Waals surface area contributed by atoms with Gasteiger partial charge in [-0.2, -0.15) is 0 Å². The van der Waals surface area contributed by atoms with Gasteiger partial charge in [0.1, 0.15) is 11.4 Å². The van der Waals surface area contributed by atoms with E-state index in [0.29, 0.717) is 22.8 Å². The molecule has 2 amide bonds. The lowest BCUT2D eigenvalue weighted by Gasteiger charge is -2.12. The molecule has 0 atom stereocenters. The van der Waals surface area contributed by atoms with Gasteiger partial charge in [-0.15, -0.1) is 0 Å². The maximum absolute atomic E-state index is 12.4. The lowest BCUT2D eigenvalue weighted by atomic mass is 10.2. The highest BCUT2D eigenvalue weighted by Crippen LogP contribution is 2.22. The van der Waals surface area contributed by atoms with Gasteiger partial charge in [0.15, 0.2) is 0 Å². The molecule has 0 aliphatic carbocycles. The monoisotopic (exact) mass is 346 g/mol. The van der Waals surface area contributed by atoms with E-state index in [1.807, 2.05) is 26.0 Å². The Balaban J connectivity index is 1.80. The Kier molecular flexibility index (Phi) is 5.03. The summed E-state index contributed by atoms with van der Waals surface area (Å²) in [6.07, 6.45) is 3.17. The maximum atomic E-state index is 12.4. The van der Waals surface area contributed by atoms with Gasteiger partial charge in [0.05, 0.1) is 11.4 Å². The van der Waals surface area contributed by atoms with E-state index >= 15 is 0 Å². The summed E-state index contributed by atoms with van der Waals surface area (Å²) in [6.45, 7) is 3.78. The molecule has 6 nitrogen and oxygen atoms in total. The fraction of sp³-hybridized carbons (Fsp3) is 0.100. The summed E-state index contributed by atoms with van der Waals surface area (Å²) in [6, 6.07) is 14.0. The molecular weight excluding hydrogens is 328 g/mol. The van der Waals surface area contributed by atoms with Gasteiger partial charge in [-0.1, -0.05) is 12.1 Å². The minimum atomic E-state index is -0.343. The average Bonchev–Trinajstić information content (AvgIpc) is 2.63. The number of amides is 2. The van der Waals surface area contributed by atoms with Gasteiger partial charge >= 0.3 is 0 Å². The molecule has 0 radical (unpaired) electrons. The molecule has 0 spiro atoms. The Bertz CT molecular complexity index is 891. The van der Waals surface area contributed by atoms with Crippen molar-refractivity contribution in [2.75, 3.05) is 10.6 Å². The van der Waals surface area contributed by atoms with Crippen LogP contribution in [0.1, 0.15) is 32.1 Å². The van der Waals surface area contributed by atoms with Crippen LogP contribution in [0.4, 0.5) is 11.4 Å². The standard InChI is InChI=1S/C20H18N4O2/c1-13-7-9-21-17(11-13)19(25)23-15-5-3-4-6-16(15)24-20(26)18-12-14(2)8-10-22-18/h3-12H,1-2H3,(H,23,25)(H,24,26). The van der Waals surface area contributed by atoms with E-state index in [4.69, 9.17) is 0 Å². The number of rotatable bonds is 4. The highest BCUT2D eigenvalue weighted by Gasteiger charge is 2.13. The Hall–Kier alpha value is -3.54. The molecule has 130 valence electrons. The summed E-state index contributed by atoms with van der Waals surface area (Å²) in [5.74, 6) is -0.687. The van der Waals surface area contributed by atoms with Crippen LogP contribution < -0.4 is 10.6 Å². The number of carbonyl (C=O) groups is 2. The molecule has 26 heavy (non-hydrogen) atoms. The summed E-state index contributed by atoms with van der Waals surface area (Å²) in [7, 11) is 0. The molecule has 2 aromatic heterocycles. The first-order chi connectivity index (χ1) is 12.5. The summed E-state index contributed by atoms with van der Waals surface area (Å²) < 4.78 is 0. The van der Waals surface area contributed by atoms with Crippen LogP contribution in [0.5, 0.6) is 0 Å². The molecule has 2 heterocycles. The largest absolute Gasteiger partial charge is 0.319 e. The number of nitrogens with one attached hydrogen (secondary N) is 2. The molecule has 2 N–H and O–H groups in total. The molecule has 0 unspecified atom stereocenters. The molecule has 6 heteroatoms. The van der Waals surface area contributed by atoms with Crippen molar-refractivity contribution in [3.05, 3.63) is 83.4 Å². The Labute approximate surface area is 151 Å². The van der Waals surface area contributed by atoms with E-state index in [1.54, 1.807) is 48.8 Å². The summed E-state index contributed by atoms with van der Waals surface area (Å²) >= 11 is 0. The predicted octanol–water partition coefficient (Wildman–Crippen LogP) is 3.60. The normalized spacial score (nSPS) is 10.2. The van der Waals surface area contributed by atoms with Crippen LogP contribution in [0.3, 0.4) is 0 Å². The number of aryl methyl sites for hydroxylation is 2. The third kappa shape index (κ3) is 4.10. The molecule has 3 aromatic rings. The number of nitrogens with zero attached hydrogens (tertiary/aromatic N) is 2. The molecule has 0 aliphatic heterocycles. The average molecular weight is 346 g/mol. The van der Waals surface area contributed by atoms with Crippen LogP contribution >= 0.6 is 0 Å². The van der Waals surface area contributed by atoms with Gasteiger partial charge in [-0.3, -0.25) is 19.6 Å². The number of hydrogen-bond acceptors (Lipinski definition) is 4. The second kappa shape index (κ2) is 7.57. The van der Waals surface area contributed by atoms with Crippen molar-refractivity contribution in [3.8, 4) is 0 Å². The van der Waals surface area contributed by atoms with Crippen LogP contribution in [-0.2, 0) is 0 Å². The second-order valence-corrected chi connectivity index (χ2v) is 5.89. The summed E-state index contributed by atoms with van der Waals surface area (Å²) in [4.78, 5) is 33.0. The summed E-state index contributed by atoms with van der Waals surface area (Å²) in [5, 5.41) is 5.57. The van der Waals surface area contributed by atoms with Crippen molar-refractivity contribution >= 4 is 23.2 Å². The molecule has 0 bridgehead atoms. The number of aromatic nitrogens is 2. The van der Waals surface area contributed by atoms with Crippen LogP contribution in [0.2, 0.25) is 0 Å². The van der Waals surface area contributed by atoms with Gasteiger partial charge < -0.3 is 10.6 Å². The zero-order valence-corrected chi connectivity index (χ0v) is 14.5. The van der Waals surface area contributed by atoms with Crippen LogP contribution in [0.25, 0.3) is 0 Å². The van der Waals surface area contributed by atoms with Gasteiger partial charge in [-0.05, 0) is 61.4 Å². The highest BCUT2D eigenvalue weighted by atomic mass is 16.2. The first-order valence-electron chi connectivity index (χ1n) is 8.10. The van der Waals surface area contributed by atoms with E-state index in [-0.39, 0.29) is 11.8 Å². The van der Waals surface area contributed by atoms with Crippen molar-refractivity contribution in [2.24, 2.45) is 0 Å². The number of hydrogen-bond donors (Lipinski definition) is 2. The van der Waals surface area contributed by atoms with Crippen LogP contribution in [-0.4, -0.2) is 21.8 Å². The Morgan fingerprint density at radius 2 is 1.15 bits per heavy atom. The Morgan fingerprint density at radius 1 is 0.731 bits per heavy atom. The number of benzene rings is 1. The molecule has 0 saturated heterocycles. The maximum Gasteiger partial charge on any atom is 0.274 e. The molecule has 1 aromatic carbocycles. The molecule has 0 aliphatic rings. The van der Waals surface area contributed by atoms with E-state index < -0.39 is 0 Å². The Morgan fingerprint density at radius 3 is 1.54 bits per heavy atom. The molecule has 0 saturated carbocycles. The van der Waals surface area contributed by atoms with Crippen molar-refractivity contribution in [3.63, 3.8) is 0 Å². The quantitative estimate of drug-likeness (QED) is 0.756. The zero-order chi connectivity index (χ0) is 18.5. The van der Waals surface area contributed by atoms with Crippen LogP contribution in [0, 0.1) is 13.8 Å². The lowest BCUT2D eigenvalue weighted by molar-refractivity contribution is 0.101. The van der Waals surface area contributed by atoms with Crippen molar-refractivity contribution < 1.29 is 9.59 Å². The van der Waals surface area contributed by atoms with E-state index in [1.165, 1.54) is 0 Å². The zero-order valence-electron chi connectivity index (χ0n) is 14.5. The summed E-state index contributed by atoms with van der Waals surface area (Å²) in [5.41, 5.74) is 3.48. The smallest absolute Gasteiger partial charge is 0.274 e. The molecular formula is C20H18N4O2. The minimum absolute atomic E-state index is 0.312. The topological polar surface area (TPSA) is 84.0 Å². The fourth-order valence-corrected chi connectivity index (χ4v) is 2.39. The first kappa shape index (κ1) is 17.3. The number of anilines is 2. The van der Waals surface area contributed by atoms with E-state index in [9.17, 15) is 9.59 Å². The number of para-hydroxylation sites is 2. The lowest BCUT2D eigenvalue weighted by Crippen LogP contribution is -2.18. The van der Waals surface area contributed by atoms with Gasteiger partial charge in [0, 0.05) is 12.4 Å².